The van der Waals surface area contributed by atoms with E-state index in [-0.39, 0.29) is 23.1 Å². The molecule has 0 radical (unpaired) electrons. The second-order valence-electron chi connectivity index (χ2n) is 11.4. The molecule has 0 unspecified atom stereocenters. The highest BCUT2D eigenvalue weighted by atomic mass is 16.6. The third-order valence-electron chi connectivity index (χ3n) is 7.42. The highest BCUT2D eigenvalue weighted by Crippen LogP contribution is 2.52. The number of rotatable bonds is 2. The van der Waals surface area contributed by atoms with E-state index in [0.717, 1.165) is 42.3 Å². The van der Waals surface area contributed by atoms with Gasteiger partial charge in [-0.2, -0.15) is 0 Å². The van der Waals surface area contributed by atoms with Gasteiger partial charge in [-0.25, -0.2) is 19.7 Å². The van der Waals surface area contributed by atoms with Gasteiger partial charge in [0, 0.05) is 31.3 Å². The number of oxazole rings is 1. The lowest BCUT2D eigenvalue weighted by molar-refractivity contribution is 0.00371. The number of aryl methyl sites for hydroxylation is 2. The van der Waals surface area contributed by atoms with Crippen molar-refractivity contribution in [1.82, 2.24) is 24.3 Å². The lowest BCUT2D eigenvalue weighted by Gasteiger charge is -2.40. The molecule has 9 heteroatoms. The molecule has 9 nitrogen and oxygen atoms in total. The van der Waals surface area contributed by atoms with E-state index in [4.69, 9.17) is 14.1 Å². The van der Waals surface area contributed by atoms with Gasteiger partial charge in [0.15, 0.2) is 5.89 Å². The summed E-state index contributed by atoms with van der Waals surface area (Å²) >= 11 is 0. The number of carbonyl (C=O) groups excluding carboxylic acids is 1. The predicted octanol–water partition coefficient (Wildman–Crippen LogP) is 5.16. The summed E-state index contributed by atoms with van der Waals surface area (Å²) in [5, 5.41) is 0. The summed E-state index contributed by atoms with van der Waals surface area (Å²) in [6.45, 7) is 10.1. The average molecular weight is 502 g/mol. The van der Waals surface area contributed by atoms with E-state index < -0.39 is 5.60 Å². The maximum atomic E-state index is 13.2. The number of amides is 1. The minimum absolute atomic E-state index is 0.130. The summed E-state index contributed by atoms with van der Waals surface area (Å²) in [7, 11) is 0. The van der Waals surface area contributed by atoms with Gasteiger partial charge < -0.3 is 14.1 Å². The van der Waals surface area contributed by atoms with Crippen molar-refractivity contribution < 1.29 is 13.9 Å². The molecule has 0 aromatic carbocycles. The molecule has 37 heavy (non-hydrogen) atoms. The van der Waals surface area contributed by atoms with E-state index in [0.29, 0.717) is 35.2 Å². The Morgan fingerprint density at radius 1 is 1.11 bits per heavy atom. The molecule has 0 bridgehead atoms. The van der Waals surface area contributed by atoms with Crippen LogP contribution in [0.3, 0.4) is 0 Å². The zero-order valence-corrected chi connectivity index (χ0v) is 21.9. The van der Waals surface area contributed by atoms with Crippen LogP contribution in [-0.4, -0.2) is 48.0 Å². The van der Waals surface area contributed by atoms with Crippen LogP contribution in [0.1, 0.15) is 69.4 Å². The number of fused-ring (bicyclic) bond motifs is 2. The molecular weight excluding hydrogens is 470 g/mol. The third kappa shape index (κ3) is 4.26. The van der Waals surface area contributed by atoms with Gasteiger partial charge in [-0.3, -0.25) is 9.20 Å². The zero-order chi connectivity index (χ0) is 26.1. The molecule has 1 saturated carbocycles. The molecule has 2 fully saturated rings. The van der Waals surface area contributed by atoms with Crippen LogP contribution in [0.2, 0.25) is 0 Å². The second-order valence-corrected chi connectivity index (χ2v) is 11.4. The Hall–Kier alpha value is -3.75. The van der Waals surface area contributed by atoms with Crippen molar-refractivity contribution in [3.63, 3.8) is 0 Å². The van der Waals surface area contributed by atoms with E-state index in [2.05, 4.69) is 16.0 Å². The minimum Gasteiger partial charge on any atom is -0.444 e. The van der Waals surface area contributed by atoms with Crippen LogP contribution in [0.15, 0.2) is 39.7 Å². The van der Waals surface area contributed by atoms with Crippen LogP contribution in [0.4, 0.5) is 4.79 Å². The van der Waals surface area contributed by atoms with Crippen LogP contribution >= 0.6 is 0 Å². The van der Waals surface area contributed by atoms with Crippen molar-refractivity contribution in [1.29, 1.82) is 0 Å². The lowest BCUT2D eigenvalue weighted by Crippen LogP contribution is -2.49. The molecule has 1 saturated heterocycles. The Morgan fingerprint density at radius 3 is 2.59 bits per heavy atom. The molecular formula is C28H31N5O4. The van der Waals surface area contributed by atoms with Crippen molar-refractivity contribution in [3.05, 3.63) is 57.8 Å². The average Bonchev–Trinajstić information content (AvgIpc) is 3.46. The fourth-order valence-electron chi connectivity index (χ4n) is 5.48. The summed E-state index contributed by atoms with van der Waals surface area (Å²) < 4.78 is 12.9. The van der Waals surface area contributed by atoms with Gasteiger partial charge in [-0.15, -0.1) is 0 Å². The topological polar surface area (TPSA) is 103 Å². The number of nitrogens with zero attached hydrogens (tertiary/aromatic N) is 5. The van der Waals surface area contributed by atoms with Crippen molar-refractivity contribution in [2.45, 2.75) is 77.4 Å². The molecule has 1 atom stereocenters. The molecule has 1 aliphatic heterocycles. The molecule has 5 heterocycles. The van der Waals surface area contributed by atoms with Crippen LogP contribution in [0.25, 0.3) is 28.3 Å². The number of aromatic nitrogens is 4. The van der Waals surface area contributed by atoms with E-state index in [1.165, 1.54) is 6.07 Å². The van der Waals surface area contributed by atoms with Crippen molar-refractivity contribution in [3.8, 4) is 11.4 Å². The van der Waals surface area contributed by atoms with Gasteiger partial charge in [0.25, 0.3) is 5.56 Å². The monoisotopic (exact) mass is 501 g/mol. The standard InChI is InChI=1S/C28H31N5O4/c1-16-12-20(31-25-24(16)29-17(2)36-25)21-13-23(34)32-15-19(6-7-22(32)30-21)18-8-11-33(28(14-18)9-10-28)26(35)37-27(3,4)5/h6-7,12-13,15,18H,8-11,14H2,1-5H3/t18-/m1/s1. The number of likely N-dealkylation sites (tertiary alicyclic amines) is 1. The first-order valence-electron chi connectivity index (χ1n) is 12.8. The van der Waals surface area contributed by atoms with Crippen LogP contribution in [-0.2, 0) is 4.74 Å². The van der Waals surface area contributed by atoms with Gasteiger partial charge in [-0.05, 0) is 82.6 Å². The molecule has 1 spiro atoms. The first kappa shape index (κ1) is 23.6. The molecule has 4 aromatic rings. The molecule has 6 rings (SSSR count). The highest BCUT2D eigenvalue weighted by molar-refractivity contribution is 5.77. The normalized spacial score (nSPS) is 19.1. The van der Waals surface area contributed by atoms with Crippen LogP contribution in [0, 0.1) is 13.8 Å². The van der Waals surface area contributed by atoms with Gasteiger partial charge in [0.2, 0.25) is 5.71 Å². The van der Waals surface area contributed by atoms with Gasteiger partial charge in [-0.1, -0.05) is 6.07 Å². The smallest absolute Gasteiger partial charge is 0.410 e. The zero-order valence-electron chi connectivity index (χ0n) is 21.9. The third-order valence-corrected chi connectivity index (χ3v) is 7.42. The minimum atomic E-state index is -0.511. The fourth-order valence-corrected chi connectivity index (χ4v) is 5.48. The number of piperidine rings is 1. The van der Waals surface area contributed by atoms with Crippen LogP contribution < -0.4 is 5.56 Å². The Labute approximate surface area is 214 Å². The number of carbonyl (C=O) groups is 1. The molecule has 192 valence electrons. The second kappa shape index (κ2) is 8.13. The Balaban J connectivity index is 1.28. The van der Waals surface area contributed by atoms with Crippen molar-refractivity contribution in [2.75, 3.05) is 6.54 Å². The summed E-state index contributed by atoms with van der Waals surface area (Å²) in [5.74, 6) is 0.810. The van der Waals surface area contributed by atoms with Crippen molar-refractivity contribution in [2.24, 2.45) is 0 Å². The van der Waals surface area contributed by atoms with Gasteiger partial charge >= 0.3 is 6.09 Å². The number of ether oxygens (including phenoxy) is 1. The molecule has 1 aliphatic carbocycles. The molecule has 2 aliphatic rings. The maximum absolute atomic E-state index is 13.2. The maximum Gasteiger partial charge on any atom is 0.410 e. The van der Waals surface area contributed by atoms with Crippen molar-refractivity contribution >= 4 is 23.0 Å². The van der Waals surface area contributed by atoms with E-state index in [1.807, 2.05) is 50.9 Å². The summed E-state index contributed by atoms with van der Waals surface area (Å²) in [4.78, 5) is 41.5. The lowest BCUT2D eigenvalue weighted by atomic mass is 9.84. The fraction of sp³-hybridized carbons (Fsp3) is 0.464. The summed E-state index contributed by atoms with van der Waals surface area (Å²) in [6.07, 6.45) is 5.35. The first-order valence-corrected chi connectivity index (χ1v) is 12.8. The Bertz CT molecular complexity index is 1610. The molecule has 1 amide bonds. The quantitative estimate of drug-likeness (QED) is 0.374. The van der Waals surface area contributed by atoms with E-state index in [1.54, 1.807) is 11.3 Å². The highest BCUT2D eigenvalue weighted by Gasteiger charge is 2.54. The number of hydrogen-bond donors (Lipinski definition) is 0. The van der Waals surface area contributed by atoms with E-state index >= 15 is 0 Å². The predicted molar refractivity (Wildman–Crippen MR) is 139 cm³/mol. The summed E-state index contributed by atoms with van der Waals surface area (Å²) in [6, 6.07) is 7.34. The number of pyridine rings is 2. The van der Waals surface area contributed by atoms with Gasteiger partial charge in [0.1, 0.15) is 16.8 Å². The molecule has 4 aromatic heterocycles. The number of hydrogen-bond acceptors (Lipinski definition) is 7. The van der Waals surface area contributed by atoms with Gasteiger partial charge in [0.05, 0.1) is 11.4 Å². The summed E-state index contributed by atoms with van der Waals surface area (Å²) in [5.41, 5.74) is 4.00. The largest absolute Gasteiger partial charge is 0.444 e. The Morgan fingerprint density at radius 2 is 1.86 bits per heavy atom. The van der Waals surface area contributed by atoms with Crippen LogP contribution in [0.5, 0.6) is 0 Å². The van der Waals surface area contributed by atoms with E-state index in [9.17, 15) is 9.59 Å². The SMILES string of the molecule is Cc1nc2c(C)cc(-c3cc(=O)n4cc([C@@H]5CCN(C(=O)OC(C)(C)C)C6(CC6)C5)ccc4n3)nc2o1. The molecule has 0 N–H and O–H groups in total. The first-order chi connectivity index (χ1) is 17.5. The Kier molecular flexibility index (Phi) is 5.19.